The van der Waals surface area contributed by atoms with Crippen LogP contribution >= 0.6 is 0 Å². The van der Waals surface area contributed by atoms with Crippen LogP contribution in [-0.2, 0) is 0 Å². The molecule has 0 N–H and O–H groups in total. The summed E-state index contributed by atoms with van der Waals surface area (Å²) in [6.07, 6.45) is 8.35. The van der Waals surface area contributed by atoms with Gasteiger partial charge in [-0.2, -0.15) is 0 Å². The van der Waals surface area contributed by atoms with E-state index in [0.29, 0.717) is 5.41 Å². The first-order valence-corrected chi connectivity index (χ1v) is 8.21. The van der Waals surface area contributed by atoms with Crippen LogP contribution in [0.15, 0.2) is 23.4 Å². The zero-order valence-corrected chi connectivity index (χ0v) is 9.94. The van der Waals surface area contributed by atoms with Gasteiger partial charge >= 0.3 is 0 Å². The summed E-state index contributed by atoms with van der Waals surface area (Å²) >= 11 is 0. The monoisotopic (exact) mass is 180 g/mol. The van der Waals surface area contributed by atoms with E-state index >= 15 is 0 Å². The number of allylic oxidation sites excluding steroid dienone is 4. The van der Waals surface area contributed by atoms with Crippen LogP contribution in [0, 0.1) is 5.41 Å². The molecule has 0 amide bonds. The molecule has 0 bridgehead atoms. The first kappa shape index (κ1) is 9.78. The van der Waals surface area contributed by atoms with Gasteiger partial charge in [0.25, 0.3) is 0 Å². The van der Waals surface area contributed by atoms with Crippen molar-refractivity contribution in [1.82, 2.24) is 0 Å². The lowest BCUT2D eigenvalue weighted by Gasteiger charge is -2.27. The summed E-state index contributed by atoms with van der Waals surface area (Å²) in [6.45, 7) is 11.8. The standard InChI is InChI=1S/C11H20Si/c1-11(2)8-6-10(7-9-11)12(3,4)5/h6-8H,9H2,1-5H3. The summed E-state index contributed by atoms with van der Waals surface area (Å²) < 4.78 is 0. The average molecular weight is 180 g/mol. The van der Waals surface area contributed by atoms with Crippen LogP contribution in [0.2, 0.25) is 19.6 Å². The fraction of sp³-hybridized carbons (Fsp3) is 0.636. The van der Waals surface area contributed by atoms with Crippen LogP contribution in [0.4, 0.5) is 0 Å². The third-order valence-electron chi connectivity index (χ3n) is 2.43. The number of hydrogen-bond acceptors (Lipinski definition) is 0. The Kier molecular flexibility index (Phi) is 2.35. The maximum absolute atomic E-state index is 2.44. The molecule has 1 aliphatic rings. The zero-order valence-electron chi connectivity index (χ0n) is 8.94. The fourth-order valence-corrected chi connectivity index (χ4v) is 2.68. The van der Waals surface area contributed by atoms with Crippen molar-refractivity contribution in [3.63, 3.8) is 0 Å². The van der Waals surface area contributed by atoms with Crippen molar-refractivity contribution in [3.05, 3.63) is 23.4 Å². The van der Waals surface area contributed by atoms with Crippen LogP contribution in [0.1, 0.15) is 20.3 Å². The van der Waals surface area contributed by atoms with Crippen LogP contribution in [0.25, 0.3) is 0 Å². The van der Waals surface area contributed by atoms with Gasteiger partial charge in [-0.05, 0) is 11.8 Å². The van der Waals surface area contributed by atoms with E-state index < -0.39 is 8.07 Å². The Morgan fingerprint density at radius 3 is 2.17 bits per heavy atom. The molecule has 1 heteroatoms. The molecule has 0 unspecified atom stereocenters. The van der Waals surface area contributed by atoms with Crippen LogP contribution < -0.4 is 0 Å². The molecule has 0 aliphatic heterocycles. The van der Waals surface area contributed by atoms with E-state index in [1.165, 1.54) is 6.42 Å². The molecule has 0 aromatic carbocycles. The molecule has 0 aromatic heterocycles. The lowest BCUT2D eigenvalue weighted by molar-refractivity contribution is 0.483. The van der Waals surface area contributed by atoms with Crippen LogP contribution in [0.5, 0.6) is 0 Å². The van der Waals surface area contributed by atoms with Crippen molar-refractivity contribution >= 4 is 8.07 Å². The Morgan fingerprint density at radius 1 is 1.25 bits per heavy atom. The van der Waals surface area contributed by atoms with E-state index in [2.05, 4.69) is 51.7 Å². The SMILES string of the molecule is CC1(C)C=CC([Si](C)(C)C)=CC1. The highest BCUT2D eigenvalue weighted by Crippen LogP contribution is 2.31. The van der Waals surface area contributed by atoms with Gasteiger partial charge in [0.2, 0.25) is 0 Å². The van der Waals surface area contributed by atoms with Crippen molar-refractivity contribution in [2.45, 2.75) is 39.9 Å². The third-order valence-corrected chi connectivity index (χ3v) is 4.53. The van der Waals surface area contributed by atoms with Gasteiger partial charge in [0.1, 0.15) is 0 Å². The molecule has 1 aliphatic carbocycles. The van der Waals surface area contributed by atoms with Gasteiger partial charge < -0.3 is 0 Å². The van der Waals surface area contributed by atoms with E-state index in [4.69, 9.17) is 0 Å². The van der Waals surface area contributed by atoms with Gasteiger partial charge in [-0.1, -0.05) is 56.9 Å². The van der Waals surface area contributed by atoms with Crippen LogP contribution in [-0.4, -0.2) is 8.07 Å². The normalized spacial score (nSPS) is 22.2. The molecule has 0 heterocycles. The van der Waals surface area contributed by atoms with Gasteiger partial charge in [-0.25, -0.2) is 0 Å². The summed E-state index contributed by atoms with van der Waals surface area (Å²) in [4.78, 5) is 0. The molecule has 0 saturated carbocycles. The molecule has 12 heavy (non-hydrogen) atoms. The maximum atomic E-state index is 2.44. The highest BCUT2D eigenvalue weighted by Gasteiger charge is 2.23. The fourth-order valence-electron chi connectivity index (χ4n) is 1.38. The highest BCUT2D eigenvalue weighted by molar-refractivity contribution is 6.83. The number of rotatable bonds is 1. The molecule has 0 saturated heterocycles. The van der Waals surface area contributed by atoms with E-state index in [-0.39, 0.29) is 0 Å². The Hall–Kier alpha value is -0.303. The molecule has 0 fully saturated rings. The quantitative estimate of drug-likeness (QED) is 0.539. The molecular weight excluding hydrogens is 160 g/mol. The minimum absolute atomic E-state index is 0.392. The summed E-state index contributed by atoms with van der Waals surface area (Å²) in [5, 5.41) is 1.61. The highest BCUT2D eigenvalue weighted by atomic mass is 28.3. The predicted octanol–water partition coefficient (Wildman–Crippen LogP) is 3.78. The summed E-state index contributed by atoms with van der Waals surface area (Å²) in [7, 11) is -1.04. The third kappa shape index (κ3) is 2.34. The number of hydrogen-bond donors (Lipinski definition) is 0. The molecule has 0 radical (unpaired) electrons. The first-order chi connectivity index (χ1) is 5.31. The molecule has 0 spiro atoms. The first-order valence-electron chi connectivity index (χ1n) is 4.71. The summed E-state index contributed by atoms with van der Waals surface area (Å²) in [5.74, 6) is 0. The second-order valence-corrected chi connectivity index (χ2v) is 10.5. The summed E-state index contributed by atoms with van der Waals surface area (Å²) in [5.41, 5.74) is 0.392. The van der Waals surface area contributed by atoms with Gasteiger partial charge in [0.15, 0.2) is 0 Å². The van der Waals surface area contributed by atoms with Crippen molar-refractivity contribution < 1.29 is 0 Å². The molecule has 0 aromatic rings. The topological polar surface area (TPSA) is 0 Å². The van der Waals surface area contributed by atoms with Crippen molar-refractivity contribution in [2.75, 3.05) is 0 Å². The van der Waals surface area contributed by atoms with Crippen molar-refractivity contribution in [2.24, 2.45) is 5.41 Å². The smallest absolute Gasteiger partial charge is 0.0771 e. The Labute approximate surface area is 77.4 Å². The Balaban J connectivity index is 2.78. The van der Waals surface area contributed by atoms with Crippen LogP contribution in [0.3, 0.4) is 0 Å². The van der Waals surface area contributed by atoms with Crippen molar-refractivity contribution in [3.8, 4) is 0 Å². The zero-order chi connectivity index (χ0) is 9.41. The van der Waals surface area contributed by atoms with E-state index in [9.17, 15) is 0 Å². The van der Waals surface area contributed by atoms with E-state index in [0.717, 1.165) is 0 Å². The second kappa shape index (κ2) is 2.88. The largest absolute Gasteiger partial charge is 0.0844 e. The summed E-state index contributed by atoms with van der Waals surface area (Å²) in [6, 6.07) is 0. The second-order valence-electron chi connectivity index (χ2n) is 5.44. The molecule has 68 valence electrons. The lowest BCUT2D eigenvalue weighted by Crippen LogP contribution is -2.25. The minimum atomic E-state index is -1.04. The Morgan fingerprint density at radius 2 is 1.83 bits per heavy atom. The maximum Gasteiger partial charge on any atom is 0.0771 e. The van der Waals surface area contributed by atoms with Crippen molar-refractivity contribution in [1.29, 1.82) is 0 Å². The minimum Gasteiger partial charge on any atom is -0.0844 e. The molecule has 0 atom stereocenters. The predicted molar refractivity (Wildman–Crippen MR) is 59.0 cm³/mol. The average Bonchev–Trinajstić information content (AvgIpc) is 1.83. The molecule has 0 nitrogen and oxygen atoms in total. The van der Waals surface area contributed by atoms with Gasteiger partial charge in [-0.15, -0.1) is 0 Å². The van der Waals surface area contributed by atoms with Gasteiger partial charge in [0.05, 0.1) is 8.07 Å². The Bertz CT molecular complexity index is 226. The molecule has 1 rings (SSSR count). The lowest BCUT2D eigenvalue weighted by atomic mass is 9.86. The van der Waals surface area contributed by atoms with E-state index in [1.807, 2.05) is 0 Å². The van der Waals surface area contributed by atoms with Gasteiger partial charge in [-0.3, -0.25) is 0 Å². The van der Waals surface area contributed by atoms with E-state index in [1.54, 1.807) is 5.20 Å². The van der Waals surface area contributed by atoms with Gasteiger partial charge in [0, 0.05) is 0 Å². The molecular formula is C11H20Si.